The molecule has 3 heterocycles. The van der Waals surface area contributed by atoms with Crippen LogP contribution < -0.4 is 10.6 Å². The van der Waals surface area contributed by atoms with Gasteiger partial charge in [-0.15, -0.1) is 0 Å². The Morgan fingerprint density at radius 3 is 2.76 bits per heavy atom. The van der Waals surface area contributed by atoms with Crippen molar-refractivity contribution in [2.45, 2.75) is 25.3 Å². The number of carbonyl (C=O) groups excluding carboxylic acids is 3. The van der Waals surface area contributed by atoms with Crippen molar-refractivity contribution < 1.29 is 14.4 Å². The highest BCUT2D eigenvalue weighted by molar-refractivity contribution is 6.35. The molecule has 3 rings (SSSR count). The number of hydrogen-bond acceptors (Lipinski definition) is 4. The van der Waals surface area contributed by atoms with Gasteiger partial charge in [-0.2, -0.15) is 0 Å². The summed E-state index contributed by atoms with van der Waals surface area (Å²) in [7, 11) is 0. The van der Waals surface area contributed by atoms with Crippen LogP contribution in [0.3, 0.4) is 0 Å². The monoisotopic (exact) mass is 294 g/mol. The predicted molar refractivity (Wildman–Crippen MR) is 75.3 cm³/mol. The van der Waals surface area contributed by atoms with Gasteiger partial charge in [-0.25, -0.2) is 0 Å². The van der Waals surface area contributed by atoms with Crippen LogP contribution in [0.5, 0.6) is 0 Å². The molecule has 7 nitrogen and oxygen atoms in total. The van der Waals surface area contributed by atoms with Crippen LogP contribution in [0.4, 0.5) is 0 Å². The van der Waals surface area contributed by atoms with Gasteiger partial charge in [0.05, 0.1) is 12.0 Å². The fourth-order valence-electron chi connectivity index (χ4n) is 3.51. The van der Waals surface area contributed by atoms with Crippen LogP contribution in [-0.2, 0) is 14.4 Å². The second-order valence-electron chi connectivity index (χ2n) is 5.96. The fourth-order valence-corrected chi connectivity index (χ4v) is 3.51. The highest BCUT2D eigenvalue weighted by Crippen LogP contribution is 2.27. The molecule has 3 fully saturated rings. The van der Waals surface area contributed by atoms with Crippen molar-refractivity contribution in [3.05, 3.63) is 0 Å². The Bertz CT molecular complexity index is 446. The Morgan fingerprint density at radius 2 is 1.90 bits per heavy atom. The number of hydrogen-bond donors (Lipinski definition) is 2. The lowest BCUT2D eigenvalue weighted by Crippen LogP contribution is -2.54. The molecule has 3 amide bonds. The Balaban J connectivity index is 1.68. The van der Waals surface area contributed by atoms with E-state index in [1.165, 1.54) is 0 Å². The maximum absolute atomic E-state index is 12.5. The zero-order valence-corrected chi connectivity index (χ0v) is 12.1. The van der Waals surface area contributed by atoms with Gasteiger partial charge in [-0.1, -0.05) is 0 Å². The molecule has 0 aromatic rings. The van der Waals surface area contributed by atoms with E-state index in [1.807, 2.05) is 0 Å². The summed E-state index contributed by atoms with van der Waals surface area (Å²) in [6, 6.07) is -0.146. The minimum Gasteiger partial charge on any atom is -0.354 e. The fraction of sp³-hybridized carbons (Fsp3) is 0.786. The molecular weight excluding hydrogens is 272 g/mol. The number of fused-ring (bicyclic) bond motifs is 1. The van der Waals surface area contributed by atoms with Crippen LogP contribution in [0.15, 0.2) is 0 Å². The van der Waals surface area contributed by atoms with Crippen LogP contribution >= 0.6 is 0 Å². The molecule has 0 aromatic heterocycles. The second kappa shape index (κ2) is 6.01. The van der Waals surface area contributed by atoms with Crippen molar-refractivity contribution in [1.82, 2.24) is 20.4 Å². The molecule has 2 atom stereocenters. The molecule has 0 aliphatic carbocycles. The summed E-state index contributed by atoms with van der Waals surface area (Å²) >= 11 is 0. The van der Waals surface area contributed by atoms with Crippen molar-refractivity contribution in [2.75, 3.05) is 39.3 Å². The molecule has 116 valence electrons. The number of nitrogens with one attached hydrogen (secondary N) is 2. The Morgan fingerprint density at radius 1 is 1.05 bits per heavy atom. The second-order valence-corrected chi connectivity index (χ2v) is 5.96. The van der Waals surface area contributed by atoms with Gasteiger partial charge in [0.1, 0.15) is 0 Å². The highest BCUT2D eigenvalue weighted by Gasteiger charge is 2.44. The van der Waals surface area contributed by atoms with Gasteiger partial charge in [0.2, 0.25) is 5.91 Å². The lowest BCUT2D eigenvalue weighted by atomic mass is 9.91. The quantitative estimate of drug-likeness (QED) is 0.535. The standard InChI is InChI=1S/C14H22N4O3/c19-12-10-3-1-7-18(11(10)9-16-12)14(21)13(20)17-6-2-4-15-5-8-17/h10-11,15H,1-9H2,(H,16,19). The van der Waals surface area contributed by atoms with Gasteiger partial charge >= 0.3 is 11.8 Å². The normalized spacial score (nSPS) is 29.6. The number of piperidine rings is 1. The van der Waals surface area contributed by atoms with E-state index in [0.717, 1.165) is 32.4 Å². The largest absolute Gasteiger partial charge is 0.354 e. The lowest BCUT2D eigenvalue weighted by molar-refractivity contribution is -0.154. The molecule has 2 N–H and O–H groups in total. The Labute approximate surface area is 124 Å². The summed E-state index contributed by atoms with van der Waals surface area (Å²) in [6.07, 6.45) is 2.46. The van der Waals surface area contributed by atoms with Gasteiger partial charge in [-0.3, -0.25) is 14.4 Å². The number of rotatable bonds is 0. The van der Waals surface area contributed by atoms with Crippen molar-refractivity contribution in [3.8, 4) is 0 Å². The van der Waals surface area contributed by atoms with Gasteiger partial charge in [-0.05, 0) is 25.8 Å². The van der Waals surface area contributed by atoms with Crippen molar-refractivity contribution in [2.24, 2.45) is 5.92 Å². The van der Waals surface area contributed by atoms with E-state index in [1.54, 1.807) is 9.80 Å². The predicted octanol–water partition coefficient (Wildman–Crippen LogP) is -1.45. The van der Waals surface area contributed by atoms with Crippen LogP contribution in [0.25, 0.3) is 0 Å². The first-order valence-corrected chi connectivity index (χ1v) is 7.77. The first kappa shape index (κ1) is 14.3. The van der Waals surface area contributed by atoms with E-state index in [9.17, 15) is 14.4 Å². The van der Waals surface area contributed by atoms with Crippen molar-refractivity contribution in [3.63, 3.8) is 0 Å². The van der Waals surface area contributed by atoms with Crippen LogP contribution in [0.1, 0.15) is 19.3 Å². The van der Waals surface area contributed by atoms with E-state index >= 15 is 0 Å². The Kier molecular flexibility index (Phi) is 4.10. The SMILES string of the molecule is O=C1NCC2C1CCCN2C(=O)C(=O)N1CCCNCC1. The average molecular weight is 294 g/mol. The molecule has 0 spiro atoms. The molecule has 0 saturated carbocycles. The number of carbonyl (C=O) groups is 3. The van der Waals surface area contributed by atoms with Crippen molar-refractivity contribution >= 4 is 17.7 Å². The summed E-state index contributed by atoms with van der Waals surface area (Å²) in [6.45, 7) is 3.85. The van der Waals surface area contributed by atoms with E-state index in [4.69, 9.17) is 0 Å². The van der Waals surface area contributed by atoms with E-state index in [0.29, 0.717) is 26.2 Å². The van der Waals surface area contributed by atoms with Gasteiger partial charge in [0.25, 0.3) is 0 Å². The molecule has 3 aliphatic heterocycles. The van der Waals surface area contributed by atoms with Gasteiger partial charge < -0.3 is 20.4 Å². The van der Waals surface area contributed by atoms with Crippen molar-refractivity contribution in [1.29, 1.82) is 0 Å². The lowest BCUT2D eigenvalue weighted by Gasteiger charge is -2.36. The maximum Gasteiger partial charge on any atom is 0.312 e. The van der Waals surface area contributed by atoms with Crippen LogP contribution in [-0.4, -0.2) is 72.8 Å². The summed E-state index contributed by atoms with van der Waals surface area (Å²) in [4.78, 5) is 39.9. The summed E-state index contributed by atoms with van der Waals surface area (Å²) in [5, 5.41) is 6.03. The summed E-state index contributed by atoms with van der Waals surface area (Å²) in [5.41, 5.74) is 0. The Hall–Kier alpha value is -1.63. The van der Waals surface area contributed by atoms with E-state index in [-0.39, 0.29) is 17.9 Å². The van der Waals surface area contributed by atoms with Gasteiger partial charge in [0, 0.05) is 32.7 Å². The zero-order chi connectivity index (χ0) is 14.8. The summed E-state index contributed by atoms with van der Waals surface area (Å²) in [5.74, 6) is -0.980. The molecule has 2 unspecified atom stereocenters. The highest BCUT2D eigenvalue weighted by atomic mass is 16.2. The minimum absolute atomic E-state index is 0.0175. The van der Waals surface area contributed by atoms with Crippen LogP contribution in [0, 0.1) is 5.92 Å². The molecule has 3 aliphatic rings. The van der Waals surface area contributed by atoms with Gasteiger partial charge in [0.15, 0.2) is 0 Å². The third kappa shape index (κ3) is 2.74. The molecule has 0 bridgehead atoms. The minimum atomic E-state index is -0.442. The zero-order valence-electron chi connectivity index (χ0n) is 12.1. The third-order valence-corrected chi connectivity index (χ3v) is 4.67. The summed E-state index contributed by atoms with van der Waals surface area (Å²) < 4.78 is 0. The van der Waals surface area contributed by atoms with Crippen LogP contribution in [0.2, 0.25) is 0 Å². The maximum atomic E-state index is 12.5. The molecule has 0 aromatic carbocycles. The smallest absolute Gasteiger partial charge is 0.312 e. The molecular formula is C14H22N4O3. The molecule has 7 heteroatoms. The topological polar surface area (TPSA) is 81.8 Å². The molecule has 0 radical (unpaired) electrons. The molecule has 21 heavy (non-hydrogen) atoms. The number of nitrogens with zero attached hydrogens (tertiary/aromatic N) is 2. The van der Waals surface area contributed by atoms with E-state index < -0.39 is 11.8 Å². The average Bonchev–Trinajstić information content (AvgIpc) is 2.73. The third-order valence-electron chi connectivity index (χ3n) is 4.67. The first-order chi connectivity index (χ1) is 10.2. The number of amides is 3. The van der Waals surface area contributed by atoms with E-state index in [2.05, 4.69) is 10.6 Å². The first-order valence-electron chi connectivity index (χ1n) is 7.77. The molecule has 3 saturated heterocycles. The number of likely N-dealkylation sites (tertiary alicyclic amines) is 1.